The van der Waals surface area contributed by atoms with Crippen LogP contribution in [0.5, 0.6) is 0 Å². The molecule has 0 saturated heterocycles. The second kappa shape index (κ2) is 44.3. The minimum atomic E-state index is -0.795. The highest BCUT2D eigenvalue weighted by Gasteiger charge is 2.19. The van der Waals surface area contributed by atoms with Crippen molar-refractivity contribution in [2.24, 2.45) is 0 Å². The summed E-state index contributed by atoms with van der Waals surface area (Å²) in [5.74, 6) is -0.959. The van der Waals surface area contributed by atoms with Crippen LogP contribution in [0.25, 0.3) is 0 Å². The van der Waals surface area contributed by atoms with Crippen molar-refractivity contribution in [3.8, 4) is 0 Å². The van der Waals surface area contributed by atoms with Crippen LogP contribution in [0.4, 0.5) is 0 Å². The molecule has 0 radical (unpaired) electrons. The Bertz CT molecular complexity index is 1120. The van der Waals surface area contributed by atoms with Gasteiger partial charge in [0.2, 0.25) is 0 Å². The van der Waals surface area contributed by atoms with Gasteiger partial charge in [-0.1, -0.05) is 196 Å². The molecule has 0 bridgehead atoms. The maximum atomic E-state index is 12.7. The molecular formula is C50H82O6. The van der Waals surface area contributed by atoms with Crippen molar-refractivity contribution in [1.29, 1.82) is 0 Å². The lowest BCUT2D eigenvalue weighted by Crippen LogP contribution is -2.30. The molecule has 0 aliphatic carbocycles. The van der Waals surface area contributed by atoms with Crippen molar-refractivity contribution in [2.45, 2.75) is 200 Å². The first-order chi connectivity index (χ1) is 27.5. The summed E-state index contributed by atoms with van der Waals surface area (Å²) >= 11 is 0. The number of hydrogen-bond acceptors (Lipinski definition) is 6. The minimum absolute atomic E-state index is 0.0944. The van der Waals surface area contributed by atoms with Gasteiger partial charge in [-0.25, -0.2) is 0 Å². The molecular weight excluding hydrogens is 697 g/mol. The van der Waals surface area contributed by atoms with Gasteiger partial charge in [0, 0.05) is 19.3 Å². The summed E-state index contributed by atoms with van der Waals surface area (Å²) in [4.78, 5) is 37.7. The smallest absolute Gasteiger partial charge is 0.306 e. The van der Waals surface area contributed by atoms with Gasteiger partial charge in [0.05, 0.1) is 0 Å². The quantitative estimate of drug-likeness (QED) is 0.0203. The van der Waals surface area contributed by atoms with Crippen LogP contribution in [0.15, 0.2) is 85.1 Å². The molecule has 0 fully saturated rings. The van der Waals surface area contributed by atoms with Crippen LogP contribution >= 0.6 is 0 Å². The van der Waals surface area contributed by atoms with E-state index >= 15 is 0 Å². The van der Waals surface area contributed by atoms with E-state index in [1.165, 1.54) is 70.6 Å². The number of carbonyl (C=O) groups is 3. The number of ether oxygens (including phenoxy) is 3. The monoisotopic (exact) mass is 779 g/mol. The molecule has 318 valence electrons. The molecule has 0 N–H and O–H groups in total. The average Bonchev–Trinajstić information content (AvgIpc) is 3.19. The maximum Gasteiger partial charge on any atom is 0.306 e. The molecule has 0 aliphatic rings. The van der Waals surface area contributed by atoms with Gasteiger partial charge >= 0.3 is 17.9 Å². The lowest BCUT2D eigenvalue weighted by Gasteiger charge is -2.18. The molecule has 0 rings (SSSR count). The molecule has 0 heterocycles. The minimum Gasteiger partial charge on any atom is -0.462 e. The zero-order valence-corrected chi connectivity index (χ0v) is 36.1. The van der Waals surface area contributed by atoms with Gasteiger partial charge in [0.15, 0.2) is 6.10 Å². The maximum absolute atomic E-state index is 12.7. The first-order valence-electron chi connectivity index (χ1n) is 22.7. The Morgan fingerprint density at radius 2 is 0.714 bits per heavy atom. The number of carbonyl (C=O) groups excluding carboxylic acids is 3. The van der Waals surface area contributed by atoms with Gasteiger partial charge in [-0.15, -0.1) is 0 Å². The van der Waals surface area contributed by atoms with E-state index in [9.17, 15) is 14.4 Å². The van der Waals surface area contributed by atoms with Crippen molar-refractivity contribution < 1.29 is 28.6 Å². The number of esters is 3. The Kier molecular flexibility index (Phi) is 41.6. The molecule has 0 saturated carbocycles. The normalized spacial score (nSPS) is 12.8. The fraction of sp³-hybridized carbons (Fsp3) is 0.660. The molecule has 56 heavy (non-hydrogen) atoms. The second-order valence-electron chi connectivity index (χ2n) is 14.7. The summed E-state index contributed by atoms with van der Waals surface area (Å²) in [6.07, 6.45) is 55.6. The first-order valence-corrected chi connectivity index (χ1v) is 22.7. The molecule has 6 heteroatoms. The highest BCUT2D eigenvalue weighted by atomic mass is 16.6. The van der Waals surface area contributed by atoms with E-state index in [-0.39, 0.29) is 31.1 Å². The Balaban J connectivity index is 4.48. The number of allylic oxidation sites excluding steroid dienone is 14. The van der Waals surface area contributed by atoms with Crippen molar-refractivity contribution >= 4 is 17.9 Å². The number of rotatable bonds is 39. The standard InChI is InChI=1S/C50H82O6/c1-4-7-10-13-16-19-21-23-24-25-26-27-29-31-34-37-40-43-49(52)55-46-47(45-54-48(51)42-39-36-33-30-18-15-12-9-6-3)56-50(53)44-41-38-35-32-28-22-20-17-14-11-8-5-2/h7,10,13,16-17,19-21,23-27,29,47H,4-6,8-9,11-12,14-15,18,22,28,30-46H2,1-3H3/b10-7-,16-13-,20-17-,21-19-,24-23-,26-25+,29-27-. The summed E-state index contributed by atoms with van der Waals surface area (Å²) in [5.41, 5.74) is 0. The van der Waals surface area contributed by atoms with E-state index in [1.807, 2.05) is 60.8 Å². The topological polar surface area (TPSA) is 78.9 Å². The van der Waals surface area contributed by atoms with Gasteiger partial charge in [-0.2, -0.15) is 0 Å². The van der Waals surface area contributed by atoms with Crippen molar-refractivity contribution in [3.05, 3.63) is 85.1 Å². The highest BCUT2D eigenvalue weighted by molar-refractivity contribution is 5.71. The van der Waals surface area contributed by atoms with E-state index in [0.29, 0.717) is 19.3 Å². The van der Waals surface area contributed by atoms with Crippen LogP contribution in [0.3, 0.4) is 0 Å². The van der Waals surface area contributed by atoms with E-state index in [1.54, 1.807) is 0 Å². The first kappa shape index (κ1) is 52.6. The fourth-order valence-electron chi connectivity index (χ4n) is 5.88. The lowest BCUT2D eigenvalue weighted by atomic mass is 10.1. The third-order valence-electron chi connectivity index (χ3n) is 9.30. The van der Waals surface area contributed by atoms with Gasteiger partial charge in [-0.3, -0.25) is 14.4 Å². The van der Waals surface area contributed by atoms with Crippen molar-refractivity contribution in [3.63, 3.8) is 0 Å². The van der Waals surface area contributed by atoms with Crippen LogP contribution in [0.2, 0.25) is 0 Å². The van der Waals surface area contributed by atoms with Crippen LogP contribution in [0.1, 0.15) is 194 Å². The van der Waals surface area contributed by atoms with Crippen LogP contribution in [0, 0.1) is 0 Å². The van der Waals surface area contributed by atoms with E-state index in [4.69, 9.17) is 14.2 Å². The van der Waals surface area contributed by atoms with E-state index < -0.39 is 6.10 Å². The van der Waals surface area contributed by atoms with Gasteiger partial charge in [-0.05, 0) is 64.2 Å². The Hall–Kier alpha value is -3.41. The highest BCUT2D eigenvalue weighted by Crippen LogP contribution is 2.13. The Morgan fingerprint density at radius 3 is 1.20 bits per heavy atom. The Morgan fingerprint density at radius 1 is 0.375 bits per heavy atom. The van der Waals surface area contributed by atoms with Gasteiger partial charge in [0.1, 0.15) is 13.2 Å². The molecule has 0 aromatic rings. The van der Waals surface area contributed by atoms with E-state index in [0.717, 1.165) is 83.5 Å². The lowest BCUT2D eigenvalue weighted by molar-refractivity contribution is -0.167. The molecule has 6 nitrogen and oxygen atoms in total. The zero-order chi connectivity index (χ0) is 40.8. The van der Waals surface area contributed by atoms with E-state index in [2.05, 4.69) is 45.1 Å². The van der Waals surface area contributed by atoms with Crippen LogP contribution in [-0.2, 0) is 28.6 Å². The predicted molar refractivity (Wildman–Crippen MR) is 237 cm³/mol. The van der Waals surface area contributed by atoms with Crippen molar-refractivity contribution in [2.75, 3.05) is 13.2 Å². The molecule has 0 aromatic carbocycles. The predicted octanol–water partition coefficient (Wildman–Crippen LogP) is 14.5. The average molecular weight is 779 g/mol. The van der Waals surface area contributed by atoms with Gasteiger partial charge < -0.3 is 14.2 Å². The molecule has 0 spiro atoms. The van der Waals surface area contributed by atoms with Crippen molar-refractivity contribution in [1.82, 2.24) is 0 Å². The second-order valence-corrected chi connectivity index (χ2v) is 14.7. The molecule has 0 aromatic heterocycles. The van der Waals surface area contributed by atoms with Gasteiger partial charge in [0.25, 0.3) is 0 Å². The summed E-state index contributed by atoms with van der Waals surface area (Å²) in [6.45, 7) is 6.38. The third-order valence-corrected chi connectivity index (χ3v) is 9.30. The SMILES string of the molecule is CC\C=C/C=C\C=C/C=C\C=C\C=C/CCCCCC(=O)OCC(COC(=O)CCCCCCCCCCC)OC(=O)CCCCCCC/C=C\CCCCC. The summed E-state index contributed by atoms with van der Waals surface area (Å²) < 4.78 is 16.6. The molecule has 0 amide bonds. The largest absolute Gasteiger partial charge is 0.462 e. The fourth-order valence-corrected chi connectivity index (χ4v) is 5.88. The third kappa shape index (κ3) is 41.7. The van der Waals surface area contributed by atoms with Crippen LogP contribution in [-0.4, -0.2) is 37.2 Å². The number of hydrogen-bond donors (Lipinski definition) is 0. The molecule has 1 atom stereocenters. The summed E-state index contributed by atoms with van der Waals surface area (Å²) in [7, 11) is 0. The Labute approximate surface area is 344 Å². The zero-order valence-electron chi connectivity index (χ0n) is 36.1. The number of unbranched alkanes of at least 4 members (excludes halogenated alkanes) is 19. The molecule has 1 unspecified atom stereocenters. The molecule has 0 aliphatic heterocycles. The summed E-state index contributed by atoms with van der Waals surface area (Å²) in [6, 6.07) is 0. The van der Waals surface area contributed by atoms with Crippen LogP contribution < -0.4 is 0 Å². The summed E-state index contributed by atoms with van der Waals surface area (Å²) in [5, 5.41) is 0.